The van der Waals surface area contributed by atoms with Crippen LogP contribution in [0.25, 0.3) is 0 Å². The summed E-state index contributed by atoms with van der Waals surface area (Å²) in [6.07, 6.45) is -3.48. The van der Waals surface area contributed by atoms with Crippen molar-refractivity contribution in [2.45, 2.75) is 50.0 Å². The Bertz CT molecular complexity index is 210. The third-order valence-corrected chi connectivity index (χ3v) is 2.77. The van der Waals surface area contributed by atoms with Gasteiger partial charge in [0.05, 0.1) is 6.61 Å². The largest absolute Gasteiger partial charge is 0.394 e. The van der Waals surface area contributed by atoms with Crippen molar-refractivity contribution >= 4 is 0 Å². The summed E-state index contributed by atoms with van der Waals surface area (Å²) in [6.45, 7) is 3.62. The molecule has 102 valence electrons. The van der Waals surface area contributed by atoms with Crippen LogP contribution in [0.1, 0.15) is 19.3 Å². The van der Waals surface area contributed by atoms with Crippen LogP contribution in [0.2, 0.25) is 0 Å². The van der Waals surface area contributed by atoms with Gasteiger partial charge in [-0.25, -0.2) is 0 Å². The predicted molar refractivity (Wildman–Crippen MR) is 58.9 cm³/mol. The van der Waals surface area contributed by atoms with Gasteiger partial charge in [0.1, 0.15) is 24.4 Å². The smallest absolute Gasteiger partial charge is 0.186 e. The second-order valence-corrected chi connectivity index (χ2v) is 4.13. The Hall–Kier alpha value is -0.240. The summed E-state index contributed by atoms with van der Waals surface area (Å²) < 4.78 is 10.4. The minimum Gasteiger partial charge on any atom is -0.394 e. The van der Waals surface area contributed by atoms with Gasteiger partial charge in [0.25, 0.3) is 0 Å². The number of hydrogen-bond acceptors (Lipinski definition) is 6. The molecule has 0 amide bonds. The topological polar surface area (TPSA) is 99.4 Å². The lowest BCUT2D eigenvalue weighted by Crippen LogP contribution is -2.59. The molecule has 4 N–H and O–H groups in total. The fourth-order valence-electron chi connectivity index (χ4n) is 1.68. The molecule has 0 unspecified atom stereocenters. The molecule has 1 fully saturated rings. The highest BCUT2D eigenvalue weighted by Gasteiger charge is 2.43. The second-order valence-electron chi connectivity index (χ2n) is 4.13. The van der Waals surface area contributed by atoms with Gasteiger partial charge in [-0.15, -0.1) is 0 Å². The number of unbranched alkanes of at least 4 members (excludes halogenated alkanes) is 2. The molecule has 1 heterocycles. The van der Waals surface area contributed by atoms with Gasteiger partial charge in [-0.1, -0.05) is 6.42 Å². The number of aliphatic hydroxyl groups excluding tert-OH is 4. The van der Waals surface area contributed by atoms with Crippen LogP contribution < -0.4 is 0 Å². The monoisotopic (exact) mass is 249 g/mol. The molecule has 0 radical (unpaired) electrons. The van der Waals surface area contributed by atoms with Crippen molar-refractivity contribution in [3.63, 3.8) is 0 Å². The highest BCUT2D eigenvalue weighted by Crippen LogP contribution is 2.22. The van der Waals surface area contributed by atoms with Gasteiger partial charge < -0.3 is 36.8 Å². The lowest BCUT2D eigenvalue weighted by molar-refractivity contribution is -0.301. The van der Waals surface area contributed by atoms with Gasteiger partial charge in [0.15, 0.2) is 6.29 Å². The van der Waals surface area contributed by atoms with Crippen LogP contribution in [-0.4, -0.2) is 64.3 Å². The predicted octanol–water partition coefficient (Wildman–Crippen LogP) is -1.19. The zero-order valence-corrected chi connectivity index (χ0v) is 9.73. The van der Waals surface area contributed by atoms with E-state index in [9.17, 15) is 15.3 Å². The minimum absolute atomic E-state index is 0.373. The first-order valence-electron chi connectivity index (χ1n) is 5.83. The maximum Gasteiger partial charge on any atom is 0.186 e. The molecule has 0 aromatic carbocycles. The molecule has 5 atom stereocenters. The molecular formula is C11H21O6-. The van der Waals surface area contributed by atoms with Crippen molar-refractivity contribution < 1.29 is 29.9 Å². The van der Waals surface area contributed by atoms with E-state index in [1.165, 1.54) is 0 Å². The molecule has 17 heavy (non-hydrogen) atoms. The van der Waals surface area contributed by atoms with E-state index in [4.69, 9.17) is 14.6 Å². The van der Waals surface area contributed by atoms with Crippen LogP contribution in [0.15, 0.2) is 0 Å². The van der Waals surface area contributed by atoms with Crippen molar-refractivity contribution in [2.75, 3.05) is 13.2 Å². The number of hydrogen-bond donors (Lipinski definition) is 4. The van der Waals surface area contributed by atoms with Gasteiger partial charge in [0, 0.05) is 6.61 Å². The molecule has 6 heteroatoms. The van der Waals surface area contributed by atoms with Gasteiger partial charge in [-0.3, -0.25) is 0 Å². The molecule has 1 aliphatic heterocycles. The Morgan fingerprint density at radius 1 is 1.06 bits per heavy atom. The summed E-state index contributed by atoms with van der Waals surface area (Å²) in [4.78, 5) is 0. The highest BCUT2D eigenvalue weighted by atomic mass is 16.7. The average molecular weight is 249 g/mol. The maximum absolute atomic E-state index is 9.62. The van der Waals surface area contributed by atoms with Crippen LogP contribution in [0, 0.1) is 6.92 Å². The van der Waals surface area contributed by atoms with E-state index in [0.717, 1.165) is 19.3 Å². The molecule has 6 nitrogen and oxygen atoms in total. The summed E-state index contributed by atoms with van der Waals surface area (Å²) in [5, 5.41) is 37.6. The first kappa shape index (κ1) is 14.8. The van der Waals surface area contributed by atoms with E-state index < -0.39 is 37.3 Å². The van der Waals surface area contributed by atoms with E-state index in [-0.39, 0.29) is 0 Å². The normalized spacial score (nSPS) is 38.3. The molecule has 0 spiro atoms. The number of rotatable bonds is 6. The van der Waals surface area contributed by atoms with Gasteiger partial charge in [0.2, 0.25) is 0 Å². The van der Waals surface area contributed by atoms with Crippen molar-refractivity contribution in [1.29, 1.82) is 0 Å². The molecule has 1 rings (SSSR count). The molecule has 0 saturated carbocycles. The number of ether oxygens (including phenoxy) is 2. The van der Waals surface area contributed by atoms with Crippen LogP contribution >= 0.6 is 0 Å². The fraction of sp³-hybridized carbons (Fsp3) is 0.909. The van der Waals surface area contributed by atoms with Gasteiger partial charge >= 0.3 is 0 Å². The Kier molecular flexibility index (Phi) is 6.32. The first-order chi connectivity index (χ1) is 8.11. The quantitative estimate of drug-likeness (QED) is 0.349. The Morgan fingerprint density at radius 2 is 1.76 bits per heavy atom. The van der Waals surface area contributed by atoms with E-state index in [0.29, 0.717) is 6.61 Å². The van der Waals surface area contributed by atoms with E-state index in [1.54, 1.807) is 0 Å². The van der Waals surface area contributed by atoms with Gasteiger partial charge in [-0.05, 0) is 6.42 Å². The SMILES string of the molecule is [CH2-]CCCCO[C@@H]1O[C@H](CO)[C@@H](O)[C@H](O)[C@H]1O. The van der Waals surface area contributed by atoms with Crippen molar-refractivity contribution in [3.05, 3.63) is 6.92 Å². The molecule has 0 aromatic rings. The average Bonchev–Trinajstić information content (AvgIpc) is 2.34. The van der Waals surface area contributed by atoms with Gasteiger partial charge in [-0.2, -0.15) is 6.42 Å². The minimum atomic E-state index is -1.38. The van der Waals surface area contributed by atoms with Crippen LogP contribution in [0.4, 0.5) is 0 Å². The molecule has 0 aromatic heterocycles. The Balaban J connectivity index is 2.42. The number of aliphatic hydroxyl groups is 4. The third-order valence-electron chi connectivity index (χ3n) is 2.77. The molecule has 1 saturated heterocycles. The van der Waals surface area contributed by atoms with Crippen LogP contribution in [0.3, 0.4) is 0 Å². The molecule has 0 bridgehead atoms. The zero-order valence-electron chi connectivity index (χ0n) is 9.73. The summed E-state index contributed by atoms with van der Waals surface area (Å²) >= 11 is 0. The second kappa shape index (κ2) is 7.25. The maximum atomic E-state index is 9.62. The van der Waals surface area contributed by atoms with E-state index in [1.807, 2.05) is 0 Å². The van der Waals surface area contributed by atoms with Crippen LogP contribution in [0.5, 0.6) is 0 Å². The van der Waals surface area contributed by atoms with Crippen molar-refractivity contribution in [2.24, 2.45) is 0 Å². The van der Waals surface area contributed by atoms with Crippen molar-refractivity contribution in [1.82, 2.24) is 0 Å². The lowest BCUT2D eigenvalue weighted by atomic mass is 9.99. The first-order valence-corrected chi connectivity index (χ1v) is 5.83. The highest BCUT2D eigenvalue weighted by molar-refractivity contribution is 4.88. The lowest BCUT2D eigenvalue weighted by Gasteiger charge is -2.39. The summed E-state index contributed by atoms with van der Waals surface area (Å²) in [5.74, 6) is 0. The molecular weight excluding hydrogens is 228 g/mol. The molecule has 1 aliphatic rings. The van der Waals surface area contributed by atoms with E-state index in [2.05, 4.69) is 6.92 Å². The summed E-state index contributed by atoms with van der Waals surface area (Å²) in [6, 6.07) is 0. The zero-order chi connectivity index (χ0) is 12.8. The van der Waals surface area contributed by atoms with E-state index >= 15 is 0 Å². The van der Waals surface area contributed by atoms with Crippen LogP contribution in [-0.2, 0) is 9.47 Å². The van der Waals surface area contributed by atoms with Crippen molar-refractivity contribution in [3.8, 4) is 0 Å². The Labute approximate surface area is 101 Å². The third kappa shape index (κ3) is 3.87. The Morgan fingerprint density at radius 3 is 2.35 bits per heavy atom. The molecule has 0 aliphatic carbocycles. The fourth-order valence-corrected chi connectivity index (χ4v) is 1.68. The summed E-state index contributed by atoms with van der Waals surface area (Å²) in [7, 11) is 0. The standard InChI is InChI=1S/C11H21O6/c1-2-3-4-5-16-11-10(15)9(14)8(13)7(6-12)17-11/h7-15H,1-6H2/q-1/t7-,8-,9+,10-,11-/m1/s1. The summed E-state index contributed by atoms with van der Waals surface area (Å²) in [5.41, 5.74) is 0.